The molecule has 1 atom stereocenters. The lowest BCUT2D eigenvalue weighted by molar-refractivity contribution is -0.0181. The Morgan fingerprint density at radius 1 is 1.64 bits per heavy atom. The number of piperidine rings is 1. The van der Waals surface area contributed by atoms with Crippen LogP contribution in [0.5, 0.6) is 0 Å². The monoisotopic (exact) mass is 211 g/mol. The minimum absolute atomic E-state index is 0.478. The summed E-state index contributed by atoms with van der Waals surface area (Å²) in [5.41, 5.74) is 0.890. The Morgan fingerprint density at radius 3 is 3.14 bits per heavy atom. The second-order valence-corrected chi connectivity index (χ2v) is 5.22. The predicted molar refractivity (Wildman–Crippen MR) is 59.5 cm³/mol. The smallest absolute Gasteiger partial charge is 0.0746 e. The second kappa shape index (κ2) is 4.01. The molecule has 0 bridgehead atoms. The minimum Gasteiger partial charge on any atom is -0.389 e. The Morgan fingerprint density at radius 2 is 2.50 bits per heavy atom. The van der Waals surface area contributed by atoms with Gasteiger partial charge in [-0.3, -0.25) is 4.90 Å². The molecule has 1 fully saturated rings. The third-order valence-corrected chi connectivity index (χ3v) is 3.47. The fourth-order valence-electron chi connectivity index (χ4n) is 2.10. The van der Waals surface area contributed by atoms with Gasteiger partial charge in [-0.05, 0) is 48.7 Å². The maximum absolute atomic E-state index is 9.93. The quantitative estimate of drug-likeness (QED) is 0.809. The summed E-state index contributed by atoms with van der Waals surface area (Å²) in [7, 11) is 0. The Kier molecular flexibility index (Phi) is 2.91. The maximum Gasteiger partial charge on any atom is 0.0746 e. The van der Waals surface area contributed by atoms with Gasteiger partial charge in [0.05, 0.1) is 5.60 Å². The number of rotatable bonds is 2. The summed E-state index contributed by atoms with van der Waals surface area (Å²) < 4.78 is 0. The van der Waals surface area contributed by atoms with Gasteiger partial charge in [0.2, 0.25) is 0 Å². The summed E-state index contributed by atoms with van der Waals surface area (Å²) in [6.07, 6.45) is 2.05. The standard InChI is InChI=1S/C11H17NOS/c1-11(13)4-2-5-12(9-11)7-10-3-6-14-8-10/h3,6,8,13H,2,4-5,7,9H2,1H3. The second-order valence-electron chi connectivity index (χ2n) is 4.44. The topological polar surface area (TPSA) is 23.5 Å². The first-order valence-electron chi connectivity index (χ1n) is 5.12. The van der Waals surface area contributed by atoms with Gasteiger partial charge < -0.3 is 5.11 Å². The van der Waals surface area contributed by atoms with Gasteiger partial charge in [-0.2, -0.15) is 11.3 Å². The van der Waals surface area contributed by atoms with Gasteiger partial charge in [-0.1, -0.05) is 0 Å². The molecule has 1 aromatic rings. The minimum atomic E-state index is -0.478. The molecule has 0 spiro atoms. The van der Waals surface area contributed by atoms with E-state index >= 15 is 0 Å². The number of thiophene rings is 1. The fourth-order valence-corrected chi connectivity index (χ4v) is 2.76. The third kappa shape index (κ3) is 2.56. The molecule has 1 aliphatic heterocycles. The van der Waals surface area contributed by atoms with Crippen LogP contribution < -0.4 is 0 Å². The lowest BCUT2D eigenvalue weighted by Gasteiger charge is -2.36. The normalized spacial score (nSPS) is 29.3. The Balaban J connectivity index is 1.92. The van der Waals surface area contributed by atoms with E-state index in [1.165, 1.54) is 5.56 Å². The molecule has 78 valence electrons. The van der Waals surface area contributed by atoms with Crippen LogP contribution in [-0.4, -0.2) is 28.7 Å². The van der Waals surface area contributed by atoms with Gasteiger partial charge in [-0.15, -0.1) is 0 Å². The van der Waals surface area contributed by atoms with E-state index in [9.17, 15) is 5.11 Å². The van der Waals surface area contributed by atoms with E-state index in [4.69, 9.17) is 0 Å². The van der Waals surface area contributed by atoms with Crippen molar-refractivity contribution in [2.75, 3.05) is 13.1 Å². The molecular weight excluding hydrogens is 194 g/mol. The van der Waals surface area contributed by atoms with Crippen LogP contribution in [0.15, 0.2) is 16.8 Å². The summed E-state index contributed by atoms with van der Waals surface area (Å²) in [6.45, 7) is 4.85. The van der Waals surface area contributed by atoms with E-state index in [0.717, 1.165) is 32.5 Å². The zero-order valence-corrected chi connectivity index (χ0v) is 9.39. The first-order chi connectivity index (χ1) is 6.66. The molecule has 1 unspecified atom stereocenters. The van der Waals surface area contributed by atoms with Crippen molar-refractivity contribution in [2.45, 2.75) is 31.9 Å². The van der Waals surface area contributed by atoms with Crippen LogP contribution in [0.25, 0.3) is 0 Å². The molecule has 0 aromatic carbocycles. The van der Waals surface area contributed by atoms with Crippen molar-refractivity contribution in [3.05, 3.63) is 22.4 Å². The average Bonchev–Trinajstić information content (AvgIpc) is 2.54. The van der Waals surface area contributed by atoms with Gasteiger partial charge in [-0.25, -0.2) is 0 Å². The third-order valence-electron chi connectivity index (χ3n) is 2.74. The molecule has 1 aromatic heterocycles. The Bertz CT molecular complexity index is 281. The number of nitrogens with zero attached hydrogens (tertiary/aromatic N) is 1. The molecule has 0 aliphatic carbocycles. The predicted octanol–water partition coefficient (Wildman–Crippen LogP) is 2.09. The summed E-state index contributed by atoms with van der Waals surface area (Å²) in [4.78, 5) is 2.34. The summed E-state index contributed by atoms with van der Waals surface area (Å²) in [5, 5.41) is 14.2. The van der Waals surface area contributed by atoms with Crippen LogP contribution in [0.3, 0.4) is 0 Å². The van der Waals surface area contributed by atoms with Crippen LogP contribution in [0.4, 0.5) is 0 Å². The molecule has 3 heteroatoms. The van der Waals surface area contributed by atoms with E-state index in [1.54, 1.807) is 11.3 Å². The highest BCUT2D eigenvalue weighted by Gasteiger charge is 2.27. The number of likely N-dealkylation sites (tertiary alicyclic amines) is 1. The molecule has 14 heavy (non-hydrogen) atoms. The molecule has 1 saturated heterocycles. The average molecular weight is 211 g/mol. The van der Waals surface area contributed by atoms with Gasteiger partial charge in [0.25, 0.3) is 0 Å². The highest BCUT2D eigenvalue weighted by Crippen LogP contribution is 2.22. The molecule has 1 aliphatic rings. The van der Waals surface area contributed by atoms with Crippen LogP contribution in [0.2, 0.25) is 0 Å². The number of aliphatic hydroxyl groups is 1. The first kappa shape index (κ1) is 10.1. The summed E-state index contributed by atoms with van der Waals surface area (Å²) in [6, 6.07) is 2.16. The van der Waals surface area contributed by atoms with Gasteiger partial charge in [0.1, 0.15) is 0 Å². The van der Waals surface area contributed by atoms with E-state index < -0.39 is 5.60 Å². The van der Waals surface area contributed by atoms with E-state index in [-0.39, 0.29) is 0 Å². The highest BCUT2D eigenvalue weighted by molar-refractivity contribution is 7.07. The van der Waals surface area contributed by atoms with Crippen molar-refractivity contribution in [3.8, 4) is 0 Å². The van der Waals surface area contributed by atoms with Gasteiger partial charge in [0.15, 0.2) is 0 Å². The first-order valence-corrected chi connectivity index (χ1v) is 6.06. The Hall–Kier alpha value is -0.380. The van der Waals surface area contributed by atoms with Crippen LogP contribution in [-0.2, 0) is 6.54 Å². The van der Waals surface area contributed by atoms with Crippen LogP contribution >= 0.6 is 11.3 Å². The van der Waals surface area contributed by atoms with Crippen molar-refractivity contribution in [1.29, 1.82) is 0 Å². The van der Waals surface area contributed by atoms with Crippen molar-refractivity contribution in [3.63, 3.8) is 0 Å². The van der Waals surface area contributed by atoms with Crippen molar-refractivity contribution in [1.82, 2.24) is 4.90 Å². The van der Waals surface area contributed by atoms with E-state index in [1.807, 2.05) is 6.92 Å². The fraction of sp³-hybridized carbons (Fsp3) is 0.636. The maximum atomic E-state index is 9.93. The van der Waals surface area contributed by atoms with E-state index in [2.05, 4.69) is 21.7 Å². The number of hydrogen-bond acceptors (Lipinski definition) is 3. The molecule has 0 saturated carbocycles. The molecule has 2 heterocycles. The lowest BCUT2D eigenvalue weighted by atomic mass is 9.95. The zero-order chi connectivity index (χ0) is 10.0. The van der Waals surface area contributed by atoms with Crippen molar-refractivity contribution >= 4 is 11.3 Å². The van der Waals surface area contributed by atoms with E-state index in [0.29, 0.717) is 0 Å². The van der Waals surface area contributed by atoms with Crippen LogP contribution in [0, 0.1) is 0 Å². The largest absolute Gasteiger partial charge is 0.389 e. The number of β-amino-alcohol motifs (C(OH)–C–C–N with tert-alkyl or cyclic N) is 1. The Labute approximate surface area is 89.2 Å². The van der Waals surface area contributed by atoms with Crippen LogP contribution in [0.1, 0.15) is 25.3 Å². The lowest BCUT2D eigenvalue weighted by Crippen LogP contribution is -2.45. The summed E-state index contributed by atoms with van der Waals surface area (Å²) in [5.74, 6) is 0. The molecule has 0 amide bonds. The van der Waals surface area contributed by atoms with Crippen molar-refractivity contribution in [2.24, 2.45) is 0 Å². The molecule has 0 radical (unpaired) electrons. The molecule has 2 nitrogen and oxygen atoms in total. The summed E-state index contributed by atoms with van der Waals surface area (Å²) >= 11 is 1.74. The van der Waals surface area contributed by atoms with Gasteiger partial charge in [0, 0.05) is 13.1 Å². The number of hydrogen-bond donors (Lipinski definition) is 1. The highest BCUT2D eigenvalue weighted by atomic mass is 32.1. The van der Waals surface area contributed by atoms with Gasteiger partial charge >= 0.3 is 0 Å². The SMILES string of the molecule is CC1(O)CCCN(Cc2ccsc2)C1. The molecule has 1 N–H and O–H groups in total. The molecular formula is C11H17NOS. The zero-order valence-electron chi connectivity index (χ0n) is 8.57. The van der Waals surface area contributed by atoms with Crippen molar-refractivity contribution < 1.29 is 5.11 Å². The molecule has 2 rings (SSSR count).